The van der Waals surface area contributed by atoms with Gasteiger partial charge in [-0.15, -0.1) is 0 Å². The molecule has 2 nitrogen and oxygen atoms in total. The summed E-state index contributed by atoms with van der Waals surface area (Å²) in [7, 11) is 0. The molecule has 0 saturated carbocycles. The molecule has 0 saturated heterocycles. The summed E-state index contributed by atoms with van der Waals surface area (Å²) in [6.07, 6.45) is 1.00. The van der Waals surface area contributed by atoms with Crippen LogP contribution in [0.25, 0.3) is 0 Å². The van der Waals surface area contributed by atoms with Gasteiger partial charge in [0.15, 0.2) is 0 Å². The molecule has 104 valence electrons. The molecular formula is C17H18ClNO. The van der Waals surface area contributed by atoms with Crippen molar-refractivity contribution in [1.82, 2.24) is 0 Å². The predicted molar refractivity (Wildman–Crippen MR) is 83.9 cm³/mol. The Morgan fingerprint density at radius 1 is 1.20 bits per heavy atom. The van der Waals surface area contributed by atoms with Crippen molar-refractivity contribution in [3.8, 4) is 5.75 Å². The molecule has 1 heterocycles. The minimum absolute atomic E-state index is 0.317. The second kappa shape index (κ2) is 5.37. The Kier molecular flexibility index (Phi) is 3.58. The van der Waals surface area contributed by atoms with E-state index in [1.54, 1.807) is 0 Å². The Labute approximate surface area is 124 Å². The fourth-order valence-electron chi connectivity index (χ4n) is 2.72. The van der Waals surface area contributed by atoms with Gasteiger partial charge >= 0.3 is 0 Å². The smallest absolute Gasteiger partial charge is 0.119 e. The normalized spacial score (nSPS) is 16.6. The maximum absolute atomic E-state index is 6.19. The molecule has 20 heavy (non-hydrogen) atoms. The highest BCUT2D eigenvalue weighted by molar-refractivity contribution is 6.31. The van der Waals surface area contributed by atoms with Crippen LogP contribution < -0.4 is 10.1 Å². The van der Waals surface area contributed by atoms with Crippen LogP contribution in [0.4, 0.5) is 5.69 Å². The molecule has 0 bridgehead atoms. The number of nitrogens with one attached hydrogen (secondary N) is 1. The maximum Gasteiger partial charge on any atom is 0.119 e. The quantitative estimate of drug-likeness (QED) is 0.879. The molecule has 0 aromatic heterocycles. The Morgan fingerprint density at radius 2 is 1.95 bits per heavy atom. The molecule has 1 aliphatic rings. The number of ether oxygens (including phenoxy) is 1. The molecule has 0 radical (unpaired) electrons. The van der Waals surface area contributed by atoms with Crippen molar-refractivity contribution < 1.29 is 4.74 Å². The molecule has 1 N–H and O–H groups in total. The summed E-state index contributed by atoms with van der Waals surface area (Å²) in [5.74, 6) is 0.922. The van der Waals surface area contributed by atoms with E-state index in [9.17, 15) is 0 Å². The summed E-state index contributed by atoms with van der Waals surface area (Å²) in [6, 6.07) is 12.7. The van der Waals surface area contributed by atoms with Crippen molar-refractivity contribution in [2.75, 3.05) is 11.9 Å². The van der Waals surface area contributed by atoms with Crippen LogP contribution in [-0.4, -0.2) is 6.61 Å². The molecule has 0 fully saturated rings. The van der Waals surface area contributed by atoms with E-state index in [-0.39, 0.29) is 0 Å². The Morgan fingerprint density at radius 3 is 2.65 bits per heavy atom. The topological polar surface area (TPSA) is 21.3 Å². The van der Waals surface area contributed by atoms with E-state index in [0.717, 1.165) is 22.8 Å². The van der Waals surface area contributed by atoms with Crippen LogP contribution >= 0.6 is 11.6 Å². The average Bonchev–Trinajstić information content (AvgIpc) is 2.89. The maximum atomic E-state index is 6.19. The number of benzene rings is 2. The average molecular weight is 288 g/mol. The van der Waals surface area contributed by atoms with Crippen molar-refractivity contribution in [1.29, 1.82) is 0 Å². The van der Waals surface area contributed by atoms with Crippen LogP contribution in [0.5, 0.6) is 5.75 Å². The van der Waals surface area contributed by atoms with Crippen LogP contribution in [0, 0.1) is 6.92 Å². The molecule has 1 atom stereocenters. The van der Waals surface area contributed by atoms with Gasteiger partial charge in [0.2, 0.25) is 0 Å². The number of rotatable bonds is 3. The molecule has 0 aliphatic carbocycles. The van der Waals surface area contributed by atoms with E-state index >= 15 is 0 Å². The first-order valence-corrected chi connectivity index (χ1v) is 7.34. The van der Waals surface area contributed by atoms with Crippen LogP contribution in [0.1, 0.15) is 29.7 Å². The molecule has 0 amide bonds. The zero-order valence-electron chi connectivity index (χ0n) is 11.7. The van der Waals surface area contributed by atoms with Crippen LogP contribution in [-0.2, 0) is 6.42 Å². The fourth-order valence-corrected chi connectivity index (χ4v) is 2.88. The summed E-state index contributed by atoms with van der Waals surface area (Å²) in [4.78, 5) is 0. The van der Waals surface area contributed by atoms with E-state index in [0.29, 0.717) is 12.6 Å². The minimum Gasteiger partial charge on any atom is -0.494 e. The van der Waals surface area contributed by atoms with Crippen molar-refractivity contribution in [2.45, 2.75) is 26.3 Å². The monoisotopic (exact) mass is 287 g/mol. The first-order valence-electron chi connectivity index (χ1n) is 6.96. The highest BCUT2D eigenvalue weighted by Gasteiger charge is 2.24. The van der Waals surface area contributed by atoms with Gasteiger partial charge in [-0.05, 0) is 55.2 Å². The van der Waals surface area contributed by atoms with Crippen molar-refractivity contribution in [3.05, 3.63) is 58.1 Å². The second-order valence-electron chi connectivity index (χ2n) is 5.11. The summed E-state index contributed by atoms with van der Waals surface area (Å²) >= 11 is 6.19. The lowest BCUT2D eigenvalue weighted by Crippen LogP contribution is -2.06. The molecule has 0 spiro atoms. The summed E-state index contributed by atoms with van der Waals surface area (Å²) in [5, 5.41) is 4.41. The first-order chi connectivity index (χ1) is 9.69. The molecular weight excluding hydrogens is 270 g/mol. The lowest BCUT2D eigenvalue weighted by Gasteiger charge is -2.13. The van der Waals surface area contributed by atoms with Gasteiger partial charge < -0.3 is 10.1 Å². The van der Waals surface area contributed by atoms with Gasteiger partial charge in [-0.25, -0.2) is 0 Å². The number of hydrogen-bond acceptors (Lipinski definition) is 2. The molecule has 1 aliphatic heterocycles. The van der Waals surface area contributed by atoms with E-state index in [4.69, 9.17) is 16.3 Å². The highest BCUT2D eigenvalue weighted by Crippen LogP contribution is 2.39. The molecule has 2 aromatic rings. The van der Waals surface area contributed by atoms with E-state index in [2.05, 4.69) is 30.4 Å². The molecule has 1 unspecified atom stereocenters. The predicted octanol–water partition coefficient (Wildman–Crippen LogP) is 4.76. The summed E-state index contributed by atoms with van der Waals surface area (Å²) < 4.78 is 5.48. The highest BCUT2D eigenvalue weighted by atomic mass is 35.5. The zero-order chi connectivity index (χ0) is 14.1. The van der Waals surface area contributed by atoms with Crippen LogP contribution in [0.2, 0.25) is 5.02 Å². The Bertz CT molecular complexity index is 622. The third kappa shape index (κ3) is 2.36. The number of hydrogen-bond donors (Lipinski definition) is 1. The lowest BCUT2D eigenvalue weighted by atomic mass is 10.0. The van der Waals surface area contributed by atoms with Gasteiger partial charge in [0, 0.05) is 10.7 Å². The summed E-state index contributed by atoms with van der Waals surface area (Å²) in [6.45, 7) is 4.76. The van der Waals surface area contributed by atoms with Crippen molar-refractivity contribution in [2.24, 2.45) is 0 Å². The van der Waals surface area contributed by atoms with Crippen LogP contribution in [0.3, 0.4) is 0 Å². The van der Waals surface area contributed by atoms with Crippen molar-refractivity contribution >= 4 is 17.3 Å². The lowest BCUT2D eigenvalue weighted by molar-refractivity contribution is 0.340. The third-order valence-corrected chi connectivity index (χ3v) is 4.23. The van der Waals surface area contributed by atoms with Gasteiger partial charge in [-0.2, -0.15) is 0 Å². The van der Waals surface area contributed by atoms with Crippen LogP contribution in [0.15, 0.2) is 36.4 Å². The number of anilines is 1. The van der Waals surface area contributed by atoms with Gasteiger partial charge in [-0.3, -0.25) is 0 Å². The molecule has 2 aromatic carbocycles. The van der Waals surface area contributed by atoms with Gasteiger partial charge in [0.05, 0.1) is 12.6 Å². The second-order valence-corrected chi connectivity index (χ2v) is 5.52. The van der Waals surface area contributed by atoms with Crippen molar-refractivity contribution in [3.63, 3.8) is 0 Å². The Balaban J connectivity index is 1.83. The fraction of sp³-hybridized carbons (Fsp3) is 0.294. The SMILES string of the molecule is CCOc1ccc(C2Cc3ccc(Cl)c(C)c3N2)cc1. The first kappa shape index (κ1) is 13.3. The zero-order valence-corrected chi connectivity index (χ0v) is 12.5. The Hall–Kier alpha value is -1.67. The number of fused-ring (bicyclic) bond motifs is 1. The largest absolute Gasteiger partial charge is 0.494 e. The van der Waals surface area contributed by atoms with E-state index in [1.807, 2.05) is 25.1 Å². The minimum atomic E-state index is 0.317. The van der Waals surface area contributed by atoms with Gasteiger partial charge in [0.1, 0.15) is 5.75 Å². The standard InChI is InChI=1S/C17H18ClNO/c1-3-20-14-7-4-12(5-8-14)16-10-13-6-9-15(18)11(2)17(13)19-16/h4-9,16,19H,3,10H2,1-2H3. The summed E-state index contributed by atoms with van der Waals surface area (Å²) in [5.41, 5.74) is 4.94. The van der Waals surface area contributed by atoms with E-state index in [1.165, 1.54) is 16.8 Å². The van der Waals surface area contributed by atoms with Gasteiger partial charge in [-0.1, -0.05) is 29.8 Å². The molecule has 3 rings (SSSR count). The third-order valence-electron chi connectivity index (χ3n) is 3.82. The van der Waals surface area contributed by atoms with E-state index < -0.39 is 0 Å². The van der Waals surface area contributed by atoms with Gasteiger partial charge in [0.25, 0.3) is 0 Å². The molecule has 3 heteroatoms. The number of halogens is 1.